The van der Waals surface area contributed by atoms with Crippen LogP contribution >= 0.6 is 0 Å². The third kappa shape index (κ3) is 26.1. The van der Waals surface area contributed by atoms with Crippen molar-refractivity contribution < 1.29 is 71.8 Å². The van der Waals surface area contributed by atoms with E-state index in [9.17, 15) is 33.9 Å². The molecule has 1 aromatic rings. The Morgan fingerprint density at radius 1 is 0.609 bits per heavy atom. The van der Waals surface area contributed by atoms with E-state index in [1.54, 1.807) is 45.0 Å². The molecule has 6 amide bonds. The van der Waals surface area contributed by atoms with Crippen LogP contribution in [0.3, 0.4) is 0 Å². The molecule has 1 saturated heterocycles. The van der Waals surface area contributed by atoms with Gasteiger partial charge >= 0.3 is 0 Å². The molecule has 69 heavy (non-hydrogen) atoms. The highest BCUT2D eigenvalue weighted by atomic mass is 16.6. The molecular formula is C49H81N5O15. The number of anilines is 1. The molecule has 0 spiro atoms. The van der Waals surface area contributed by atoms with E-state index < -0.39 is 23.9 Å². The number of rotatable bonds is 38. The van der Waals surface area contributed by atoms with E-state index in [2.05, 4.69) is 21.3 Å². The molecule has 392 valence electrons. The standard InChI is InChI=1S/C49H81N5O15/c1-37(2)46(48(60)51-38(3)47(59)52-41-13-11-39(36-55)12-14-41)53-44(57)16-19-62-21-23-64-25-27-66-29-31-68-33-34-69-32-30-67-28-26-65-24-22-63-20-17-50-43(56)15-18-54-45(58)35-42(49(54)61)40-9-7-5-4-6-8-10-40/h11-14,37-38,40,42,46,55H,4-10,15-36H2,1-3H3,(H,50,56)(H,51,60)(H,52,59)(H,53,57)/t38?,42?,46-/m0/s1. The van der Waals surface area contributed by atoms with Gasteiger partial charge in [0.15, 0.2) is 0 Å². The zero-order valence-corrected chi connectivity index (χ0v) is 41.3. The number of nitrogens with one attached hydrogen (secondary N) is 4. The molecule has 20 heteroatoms. The molecule has 1 aromatic carbocycles. The molecule has 2 aliphatic rings. The fourth-order valence-corrected chi connectivity index (χ4v) is 7.67. The van der Waals surface area contributed by atoms with Crippen LogP contribution in [-0.4, -0.2) is 176 Å². The Morgan fingerprint density at radius 3 is 1.58 bits per heavy atom. The quantitative estimate of drug-likeness (QED) is 0.0472. The summed E-state index contributed by atoms with van der Waals surface area (Å²) in [4.78, 5) is 77.2. The Morgan fingerprint density at radius 2 is 1.09 bits per heavy atom. The van der Waals surface area contributed by atoms with Crippen LogP contribution in [0, 0.1) is 17.8 Å². The molecule has 1 heterocycles. The summed E-state index contributed by atoms with van der Waals surface area (Å²) in [5, 5.41) is 20.1. The van der Waals surface area contributed by atoms with E-state index in [1.165, 1.54) is 24.2 Å². The van der Waals surface area contributed by atoms with E-state index in [-0.39, 0.29) is 80.4 Å². The second-order valence-electron chi connectivity index (χ2n) is 17.4. The van der Waals surface area contributed by atoms with Crippen molar-refractivity contribution in [3.63, 3.8) is 0 Å². The number of imide groups is 1. The molecule has 20 nitrogen and oxygen atoms in total. The van der Waals surface area contributed by atoms with Crippen molar-refractivity contribution in [1.29, 1.82) is 0 Å². The first kappa shape index (κ1) is 59.2. The largest absolute Gasteiger partial charge is 0.392 e. The van der Waals surface area contributed by atoms with Gasteiger partial charge in [-0.2, -0.15) is 0 Å². The maximum Gasteiger partial charge on any atom is 0.246 e. The normalized spacial score (nSPS) is 16.5. The van der Waals surface area contributed by atoms with Crippen LogP contribution in [0.15, 0.2) is 24.3 Å². The lowest BCUT2D eigenvalue weighted by molar-refractivity contribution is -0.140. The van der Waals surface area contributed by atoms with Gasteiger partial charge in [0, 0.05) is 38.0 Å². The first-order valence-corrected chi connectivity index (χ1v) is 24.8. The van der Waals surface area contributed by atoms with Gasteiger partial charge < -0.3 is 64.3 Å². The number of amides is 6. The monoisotopic (exact) mass is 980 g/mol. The third-order valence-corrected chi connectivity index (χ3v) is 11.6. The number of aliphatic hydroxyl groups is 1. The minimum Gasteiger partial charge on any atom is -0.392 e. The van der Waals surface area contributed by atoms with Crippen LogP contribution in [0.4, 0.5) is 5.69 Å². The highest BCUT2D eigenvalue weighted by Gasteiger charge is 2.42. The maximum atomic E-state index is 13.0. The van der Waals surface area contributed by atoms with E-state index in [4.69, 9.17) is 37.9 Å². The van der Waals surface area contributed by atoms with Gasteiger partial charge in [-0.05, 0) is 49.3 Å². The molecular weight excluding hydrogens is 899 g/mol. The first-order chi connectivity index (χ1) is 33.5. The summed E-state index contributed by atoms with van der Waals surface area (Å²) in [7, 11) is 0. The van der Waals surface area contributed by atoms with Crippen LogP contribution in [0.1, 0.15) is 90.5 Å². The highest BCUT2D eigenvalue weighted by molar-refractivity contribution is 6.04. The molecule has 1 saturated carbocycles. The lowest BCUT2D eigenvalue weighted by Gasteiger charge is -2.24. The predicted octanol–water partition coefficient (Wildman–Crippen LogP) is 2.53. The average molecular weight is 980 g/mol. The number of aliphatic hydroxyl groups excluding tert-OH is 1. The predicted molar refractivity (Wildman–Crippen MR) is 255 cm³/mol. The lowest BCUT2D eigenvalue weighted by atomic mass is 9.81. The summed E-state index contributed by atoms with van der Waals surface area (Å²) < 4.78 is 44.0. The molecule has 2 unspecified atom stereocenters. The van der Waals surface area contributed by atoms with E-state index >= 15 is 0 Å². The summed E-state index contributed by atoms with van der Waals surface area (Å²) >= 11 is 0. The Balaban J connectivity index is 1.01. The van der Waals surface area contributed by atoms with Gasteiger partial charge in [-0.15, -0.1) is 0 Å². The number of hydrogen-bond acceptors (Lipinski definition) is 15. The molecule has 2 fully saturated rings. The molecule has 0 radical (unpaired) electrons. The highest BCUT2D eigenvalue weighted by Crippen LogP contribution is 2.35. The molecule has 5 N–H and O–H groups in total. The van der Waals surface area contributed by atoms with Crippen LogP contribution in [0.25, 0.3) is 0 Å². The van der Waals surface area contributed by atoms with Gasteiger partial charge in [-0.25, -0.2) is 0 Å². The summed E-state index contributed by atoms with van der Waals surface area (Å²) in [6.07, 6.45) is 8.31. The van der Waals surface area contributed by atoms with E-state index in [0.29, 0.717) is 117 Å². The molecule has 1 aliphatic carbocycles. The van der Waals surface area contributed by atoms with Crippen LogP contribution in [0.5, 0.6) is 0 Å². The minimum absolute atomic E-state index is 0.0549. The number of carbonyl (C=O) groups excluding carboxylic acids is 6. The topological polar surface area (TPSA) is 248 Å². The molecule has 0 aromatic heterocycles. The number of benzene rings is 1. The van der Waals surface area contributed by atoms with Gasteiger partial charge in [-0.3, -0.25) is 33.7 Å². The minimum atomic E-state index is -0.848. The van der Waals surface area contributed by atoms with Gasteiger partial charge in [0.05, 0.1) is 118 Å². The summed E-state index contributed by atoms with van der Waals surface area (Å²) in [5.74, 6) is -1.87. The van der Waals surface area contributed by atoms with Crippen molar-refractivity contribution in [2.24, 2.45) is 17.8 Å². The number of carbonyl (C=O) groups is 6. The maximum absolute atomic E-state index is 13.0. The second kappa shape index (κ2) is 36.8. The molecule has 1 aliphatic heterocycles. The number of likely N-dealkylation sites (tertiary alicyclic amines) is 1. The molecule has 0 bridgehead atoms. The molecule has 3 atom stereocenters. The molecule has 3 rings (SSSR count). The Kier molecular flexibility index (Phi) is 31.5. The Hall–Kier alpha value is -4.12. The zero-order valence-electron chi connectivity index (χ0n) is 41.3. The summed E-state index contributed by atoms with van der Waals surface area (Å²) in [6, 6.07) is 5.02. The van der Waals surface area contributed by atoms with Crippen molar-refractivity contribution in [1.82, 2.24) is 20.9 Å². The van der Waals surface area contributed by atoms with Gasteiger partial charge in [0.2, 0.25) is 35.4 Å². The van der Waals surface area contributed by atoms with Gasteiger partial charge in [0.1, 0.15) is 12.1 Å². The zero-order chi connectivity index (χ0) is 49.9. The SMILES string of the molecule is CC(NC(=O)[C@@H](NC(=O)CCOCCOCCOCCOCCOCCOCCOCCOCCNC(=O)CCN1C(=O)CC(C2CCCCCCC2)C1=O)C(C)C)C(=O)Nc1ccc(CO)cc1. The van der Waals surface area contributed by atoms with Gasteiger partial charge in [0.25, 0.3) is 0 Å². The fourth-order valence-electron chi connectivity index (χ4n) is 7.67. The first-order valence-electron chi connectivity index (χ1n) is 24.8. The lowest BCUT2D eigenvalue weighted by Crippen LogP contribution is -2.53. The Bertz CT molecular complexity index is 1610. The Labute approximate surface area is 408 Å². The number of ether oxygens (including phenoxy) is 8. The van der Waals surface area contributed by atoms with Crippen LogP contribution < -0.4 is 21.3 Å². The summed E-state index contributed by atoms with van der Waals surface area (Å²) in [5.41, 5.74) is 1.24. The van der Waals surface area contributed by atoms with Crippen LogP contribution in [0.2, 0.25) is 0 Å². The number of nitrogens with zero attached hydrogens (tertiary/aromatic N) is 1. The number of hydrogen-bond donors (Lipinski definition) is 5. The van der Waals surface area contributed by atoms with Crippen molar-refractivity contribution >= 4 is 41.1 Å². The fraction of sp³-hybridized carbons (Fsp3) is 0.755. The van der Waals surface area contributed by atoms with Crippen molar-refractivity contribution in [2.45, 2.75) is 104 Å². The van der Waals surface area contributed by atoms with Crippen molar-refractivity contribution in [3.05, 3.63) is 29.8 Å². The summed E-state index contributed by atoms with van der Waals surface area (Å²) in [6.45, 7) is 11.5. The third-order valence-electron chi connectivity index (χ3n) is 11.6. The smallest absolute Gasteiger partial charge is 0.246 e. The van der Waals surface area contributed by atoms with Crippen LogP contribution in [-0.2, 0) is 73.3 Å². The van der Waals surface area contributed by atoms with E-state index in [0.717, 1.165) is 25.7 Å². The van der Waals surface area contributed by atoms with Crippen molar-refractivity contribution in [3.8, 4) is 0 Å². The average Bonchev–Trinajstić information content (AvgIpc) is 3.60. The van der Waals surface area contributed by atoms with Gasteiger partial charge in [-0.1, -0.05) is 58.1 Å². The second-order valence-corrected chi connectivity index (χ2v) is 17.4. The van der Waals surface area contributed by atoms with Crippen molar-refractivity contribution in [2.75, 3.05) is 124 Å². The van der Waals surface area contributed by atoms with E-state index in [1.807, 2.05) is 0 Å².